The van der Waals surface area contributed by atoms with Gasteiger partial charge in [-0.1, -0.05) is 44.2 Å². The van der Waals surface area contributed by atoms with Gasteiger partial charge in [-0.15, -0.1) is 0 Å². The molecule has 1 N–H and O–H groups in total. The van der Waals surface area contributed by atoms with Crippen LogP contribution >= 0.6 is 0 Å². The molecule has 106 valence electrons. The zero-order valence-corrected chi connectivity index (χ0v) is 12.5. The van der Waals surface area contributed by atoms with Gasteiger partial charge in [0.15, 0.2) is 0 Å². The van der Waals surface area contributed by atoms with Gasteiger partial charge in [-0.2, -0.15) is 0 Å². The number of hydrogen-bond donors (Lipinski definition) is 1. The second-order valence-corrected chi connectivity index (χ2v) is 5.33. The Morgan fingerprint density at radius 1 is 1.05 bits per heavy atom. The largest absolute Gasteiger partial charge is 0.492 e. The van der Waals surface area contributed by atoms with E-state index in [4.69, 9.17) is 4.74 Å². The van der Waals surface area contributed by atoms with Gasteiger partial charge < -0.3 is 10.1 Å². The molecule has 0 amide bonds. The minimum atomic E-state index is 0.524. The third-order valence-electron chi connectivity index (χ3n) is 3.26. The molecule has 2 nitrogen and oxygen atoms in total. The molecule has 2 aromatic rings. The molecule has 2 rings (SSSR count). The van der Waals surface area contributed by atoms with Crippen LogP contribution in [0.3, 0.4) is 0 Å². The van der Waals surface area contributed by atoms with Gasteiger partial charge in [-0.05, 0) is 42.2 Å². The topological polar surface area (TPSA) is 21.3 Å². The molecule has 2 aromatic carbocycles. The Bertz CT molecular complexity index is 549. The van der Waals surface area contributed by atoms with Gasteiger partial charge in [-0.3, -0.25) is 0 Å². The molecule has 0 aliphatic rings. The van der Waals surface area contributed by atoms with Crippen LogP contribution in [-0.4, -0.2) is 13.2 Å². The predicted octanol–water partition coefficient (Wildman–Crippen LogP) is 4.61. The summed E-state index contributed by atoms with van der Waals surface area (Å²) in [7, 11) is 0. The highest BCUT2D eigenvalue weighted by atomic mass is 16.5. The minimum Gasteiger partial charge on any atom is -0.492 e. The maximum atomic E-state index is 5.75. The second kappa shape index (κ2) is 6.99. The highest BCUT2D eigenvalue weighted by Gasteiger charge is 2.04. The van der Waals surface area contributed by atoms with Crippen molar-refractivity contribution >= 4 is 5.69 Å². The van der Waals surface area contributed by atoms with E-state index < -0.39 is 0 Å². The quantitative estimate of drug-likeness (QED) is 0.773. The molecule has 0 aliphatic carbocycles. The standard InChI is InChI=1S/C18H23NO/c1-14(2)17-9-4-5-10-18(17)19-11-12-20-16-8-6-7-15(3)13-16/h4-10,13-14,19H,11-12H2,1-3H3. The number of anilines is 1. The van der Waals surface area contributed by atoms with Gasteiger partial charge in [0, 0.05) is 12.2 Å². The van der Waals surface area contributed by atoms with Crippen LogP contribution in [0.5, 0.6) is 5.75 Å². The Morgan fingerprint density at radius 3 is 2.60 bits per heavy atom. The Balaban J connectivity index is 1.84. The van der Waals surface area contributed by atoms with Crippen LogP contribution in [0, 0.1) is 6.92 Å². The summed E-state index contributed by atoms with van der Waals surface area (Å²) in [5, 5.41) is 3.45. The molecule has 0 aliphatic heterocycles. The molecule has 0 heterocycles. The lowest BCUT2D eigenvalue weighted by molar-refractivity contribution is 0.332. The third kappa shape index (κ3) is 4.02. The zero-order chi connectivity index (χ0) is 14.4. The van der Waals surface area contributed by atoms with E-state index >= 15 is 0 Å². The van der Waals surface area contributed by atoms with Crippen molar-refractivity contribution in [3.05, 3.63) is 59.7 Å². The van der Waals surface area contributed by atoms with E-state index in [0.29, 0.717) is 12.5 Å². The summed E-state index contributed by atoms with van der Waals surface area (Å²) in [6.07, 6.45) is 0. The summed E-state index contributed by atoms with van der Waals surface area (Å²) >= 11 is 0. The van der Waals surface area contributed by atoms with E-state index in [1.807, 2.05) is 12.1 Å². The molecule has 0 saturated carbocycles. The molecular formula is C18H23NO. The van der Waals surface area contributed by atoms with Crippen molar-refractivity contribution in [2.75, 3.05) is 18.5 Å². The average Bonchev–Trinajstić information content (AvgIpc) is 2.44. The smallest absolute Gasteiger partial charge is 0.119 e. The van der Waals surface area contributed by atoms with Crippen LogP contribution in [0.25, 0.3) is 0 Å². The Kier molecular flexibility index (Phi) is 5.05. The van der Waals surface area contributed by atoms with Crippen molar-refractivity contribution in [1.29, 1.82) is 0 Å². The minimum absolute atomic E-state index is 0.524. The fourth-order valence-electron chi connectivity index (χ4n) is 2.22. The van der Waals surface area contributed by atoms with E-state index in [9.17, 15) is 0 Å². The molecule has 0 bridgehead atoms. The molecule has 20 heavy (non-hydrogen) atoms. The molecule has 0 atom stereocenters. The first-order valence-corrected chi connectivity index (χ1v) is 7.19. The number of hydrogen-bond acceptors (Lipinski definition) is 2. The van der Waals surface area contributed by atoms with Crippen LogP contribution in [-0.2, 0) is 0 Å². The van der Waals surface area contributed by atoms with Crippen LogP contribution in [0.1, 0.15) is 30.9 Å². The van der Waals surface area contributed by atoms with Crippen molar-refractivity contribution in [3.8, 4) is 5.75 Å². The molecule has 0 fully saturated rings. The maximum absolute atomic E-state index is 5.75. The van der Waals surface area contributed by atoms with Crippen LogP contribution < -0.4 is 10.1 Å². The summed E-state index contributed by atoms with van der Waals surface area (Å²) < 4.78 is 5.75. The first-order valence-electron chi connectivity index (χ1n) is 7.19. The number of rotatable bonds is 6. The zero-order valence-electron chi connectivity index (χ0n) is 12.5. The monoisotopic (exact) mass is 269 g/mol. The van der Waals surface area contributed by atoms with Crippen molar-refractivity contribution in [2.45, 2.75) is 26.7 Å². The summed E-state index contributed by atoms with van der Waals surface area (Å²) in [5.74, 6) is 1.46. The van der Waals surface area contributed by atoms with E-state index in [2.05, 4.69) is 62.5 Å². The van der Waals surface area contributed by atoms with Crippen molar-refractivity contribution in [1.82, 2.24) is 0 Å². The number of para-hydroxylation sites is 1. The van der Waals surface area contributed by atoms with Crippen molar-refractivity contribution in [3.63, 3.8) is 0 Å². The molecule has 0 aromatic heterocycles. The molecular weight excluding hydrogens is 246 g/mol. The summed E-state index contributed by atoms with van der Waals surface area (Å²) in [5.41, 5.74) is 3.78. The summed E-state index contributed by atoms with van der Waals surface area (Å²) in [6, 6.07) is 16.6. The Hall–Kier alpha value is -1.96. The lowest BCUT2D eigenvalue weighted by Crippen LogP contribution is -2.12. The van der Waals surface area contributed by atoms with Gasteiger partial charge in [-0.25, -0.2) is 0 Å². The first-order chi connectivity index (χ1) is 9.66. The highest BCUT2D eigenvalue weighted by molar-refractivity contribution is 5.52. The Morgan fingerprint density at radius 2 is 1.85 bits per heavy atom. The normalized spacial score (nSPS) is 10.6. The van der Waals surface area contributed by atoms with Gasteiger partial charge in [0.05, 0.1) is 0 Å². The van der Waals surface area contributed by atoms with Gasteiger partial charge in [0.1, 0.15) is 12.4 Å². The van der Waals surface area contributed by atoms with Gasteiger partial charge in [0.25, 0.3) is 0 Å². The number of ether oxygens (including phenoxy) is 1. The number of aryl methyl sites for hydroxylation is 1. The van der Waals surface area contributed by atoms with Crippen LogP contribution in [0.4, 0.5) is 5.69 Å². The molecule has 0 saturated heterocycles. The molecule has 0 radical (unpaired) electrons. The molecule has 0 unspecified atom stereocenters. The van der Waals surface area contributed by atoms with E-state index in [-0.39, 0.29) is 0 Å². The number of nitrogens with one attached hydrogen (secondary N) is 1. The van der Waals surface area contributed by atoms with Gasteiger partial charge in [0.2, 0.25) is 0 Å². The van der Waals surface area contributed by atoms with E-state index in [1.54, 1.807) is 0 Å². The van der Waals surface area contributed by atoms with Crippen LogP contribution in [0.2, 0.25) is 0 Å². The highest BCUT2D eigenvalue weighted by Crippen LogP contribution is 2.23. The second-order valence-electron chi connectivity index (χ2n) is 5.33. The Labute approximate surface area is 121 Å². The summed E-state index contributed by atoms with van der Waals surface area (Å²) in [4.78, 5) is 0. The van der Waals surface area contributed by atoms with Gasteiger partial charge >= 0.3 is 0 Å². The van der Waals surface area contributed by atoms with Crippen molar-refractivity contribution < 1.29 is 4.74 Å². The van der Waals surface area contributed by atoms with E-state index in [1.165, 1.54) is 16.8 Å². The third-order valence-corrected chi connectivity index (χ3v) is 3.26. The van der Waals surface area contributed by atoms with E-state index in [0.717, 1.165) is 12.3 Å². The van der Waals surface area contributed by atoms with Crippen molar-refractivity contribution in [2.24, 2.45) is 0 Å². The average molecular weight is 269 g/mol. The fourth-order valence-corrected chi connectivity index (χ4v) is 2.22. The summed E-state index contributed by atoms with van der Waals surface area (Å²) in [6.45, 7) is 7.96. The predicted molar refractivity (Wildman–Crippen MR) is 85.7 cm³/mol. The molecule has 0 spiro atoms. The van der Waals surface area contributed by atoms with Crippen LogP contribution in [0.15, 0.2) is 48.5 Å². The fraction of sp³-hybridized carbons (Fsp3) is 0.333. The lowest BCUT2D eigenvalue weighted by atomic mass is 10.0. The molecule has 2 heteroatoms. The maximum Gasteiger partial charge on any atom is 0.119 e. The lowest BCUT2D eigenvalue weighted by Gasteiger charge is -2.15. The SMILES string of the molecule is Cc1cccc(OCCNc2ccccc2C(C)C)c1. The first kappa shape index (κ1) is 14.4. The number of benzene rings is 2.